The summed E-state index contributed by atoms with van der Waals surface area (Å²) in [6.45, 7) is 5.56. The second-order valence-electron chi connectivity index (χ2n) is 7.78. The minimum atomic E-state index is -0.259. The third-order valence-corrected chi connectivity index (χ3v) is 5.95. The predicted octanol–water partition coefficient (Wildman–Crippen LogP) is 2.72. The Labute approximate surface area is 158 Å². The second-order valence-corrected chi connectivity index (χ2v) is 7.78. The zero-order valence-electron chi connectivity index (χ0n) is 15.6. The maximum Gasteiger partial charge on any atom is 0.227 e. The molecule has 0 saturated carbocycles. The first kappa shape index (κ1) is 18.1. The van der Waals surface area contributed by atoms with E-state index in [1.54, 1.807) is 19.1 Å². The lowest BCUT2D eigenvalue weighted by molar-refractivity contribution is -0.133. The van der Waals surface area contributed by atoms with Crippen LogP contribution in [0.1, 0.15) is 37.1 Å². The molecule has 1 aromatic carbocycles. The number of hydrogen-bond donors (Lipinski definition) is 1. The molecule has 2 saturated heterocycles. The van der Waals surface area contributed by atoms with E-state index in [0.717, 1.165) is 39.0 Å². The Morgan fingerprint density at radius 1 is 1.33 bits per heavy atom. The highest BCUT2D eigenvalue weighted by Gasteiger charge is 2.37. The third-order valence-electron chi connectivity index (χ3n) is 5.95. The normalized spacial score (nSPS) is 19.0. The van der Waals surface area contributed by atoms with Crippen molar-refractivity contribution in [3.63, 3.8) is 0 Å². The van der Waals surface area contributed by atoms with Crippen molar-refractivity contribution in [2.45, 2.75) is 39.0 Å². The summed E-state index contributed by atoms with van der Waals surface area (Å²) in [5, 5.41) is 7.40. The van der Waals surface area contributed by atoms with Gasteiger partial charge in [0.05, 0.1) is 0 Å². The number of hydrogen-bond acceptors (Lipinski definition) is 5. The lowest BCUT2D eigenvalue weighted by Gasteiger charge is -2.38. The third kappa shape index (κ3) is 3.88. The van der Waals surface area contributed by atoms with Crippen molar-refractivity contribution in [1.82, 2.24) is 20.4 Å². The van der Waals surface area contributed by atoms with Crippen molar-refractivity contribution in [3.8, 4) is 11.4 Å². The van der Waals surface area contributed by atoms with E-state index in [4.69, 9.17) is 4.52 Å². The summed E-state index contributed by atoms with van der Waals surface area (Å²) in [4.78, 5) is 18.8. The van der Waals surface area contributed by atoms with Crippen LogP contribution >= 0.6 is 0 Å². The van der Waals surface area contributed by atoms with Crippen molar-refractivity contribution >= 4 is 5.91 Å². The van der Waals surface area contributed by atoms with Gasteiger partial charge in [0.1, 0.15) is 5.82 Å². The van der Waals surface area contributed by atoms with Gasteiger partial charge in [-0.15, -0.1) is 0 Å². The molecule has 2 aliphatic rings. The number of halogens is 1. The molecule has 1 N–H and O–H groups in total. The minimum Gasteiger partial charge on any atom is -0.343 e. The molecule has 1 spiro atoms. The van der Waals surface area contributed by atoms with Crippen LogP contribution in [0.5, 0.6) is 0 Å². The Morgan fingerprint density at radius 3 is 2.85 bits per heavy atom. The fraction of sp³-hybridized carbons (Fsp3) is 0.550. The quantitative estimate of drug-likeness (QED) is 0.894. The summed E-state index contributed by atoms with van der Waals surface area (Å²) in [6.07, 6.45) is 4.19. The van der Waals surface area contributed by atoms with Crippen LogP contribution in [-0.2, 0) is 11.2 Å². The molecule has 0 aliphatic carbocycles. The van der Waals surface area contributed by atoms with E-state index < -0.39 is 0 Å². The summed E-state index contributed by atoms with van der Waals surface area (Å²) >= 11 is 0. The van der Waals surface area contributed by atoms with Crippen molar-refractivity contribution in [2.75, 3.05) is 26.2 Å². The molecule has 0 unspecified atom stereocenters. The highest BCUT2D eigenvalue weighted by atomic mass is 19.1. The fourth-order valence-electron chi connectivity index (χ4n) is 4.08. The summed E-state index contributed by atoms with van der Waals surface area (Å²) in [6, 6.07) is 4.72. The van der Waals surface area contributed by atoms with Gasteiger partial charge >= 0.3 is 0 Å². The monoisotopic (exact) mass is 372 g/mol. The van der Waals surface area contributed by atoms with Gasteiger partial charge in [-0.3, -0.25) is 4.79 Å². The number of aryl methyl sites for hydroxylation is 2. The Bertz CT molecular complexity index is 819. The summed E-state index contributed by atoms with van der Waals surface area (Å²) < 4.78 is 18.7. The highest BCUT2D eigenvalue weighted by Crippen LogP contribution is 2.37. The van der Waals surface area contributed by atoms with Crippen LogP contribution in [0.15, 0.2) is 22.7 Å². The molecule has 2 aromatic rings. The zero-order valence-corrected chi connectivity index (χ0v) is 15.6. The van der Waals surface area contributed by atoms with E-state index >= 15 is 0 Å². The lowest BCUT2D eigenvalue weighted by atomic mass is 9.78. The van der Waals surface area contributed by atoms with Gasteiger partial charge in [0.25, 0.3) is 0 Å². The molecule has 3 heterocycles. The van der Waals surface area contributed by atoms with Gasteiger partial charge < -0.3 is 14.7 Å². The van der Waals surface area contributed by atoms with Crippen LogP contribution in [-0.4, -0.2) is 47.1 Å². The van der Waals surface area contributed by atoms with Crippen molar-refractivity contribution in [2.24, 2.45) is 5.41 Å². The molecule has 6 nitrogen and oxygen atoms in total. The number of carbonyl (C=O) groups excluding carboxylic acids is 1. The van der Waals surface area contributed by atoms with Gasteiger partial charge in [-0.25, -0.2) is 4.39 Å². The highest BCUT2D eigenvalue weighted by molar-refractivity contribution is 5.76. The minimum absolute atomic E-state index is 0.146. The van der Waals surface area contributed by atoms with E-state index in [-0.39, 0.29) is 11.7 Å². The number of piperidine rings is 1. The first-order valence-electron chi connectivity index (χ1n) is 9.62. The van der Waals surface area contributed by atoms with Crippen molar-refractivity contribution < 1.29 is 13.7 Å². The van der Waals surface area contributed by atoms with E-state index in [1.807, 2.05) is 4.90 Å². The molecular weight excluding hydrogens is 347 g/mol. The number of benzene rings is 1. The van der Waals surface area contributed by atoms with Crippen LogP contribution in [0, 0.1) is 18.2 Å². The molecule has 1 amide bonds. The van der Waals surface area contributed by atoms with E-state index in [2.05, 4.69) is 15.5 Å². The molecule has 2 aliphatic heterocycles. The zero-order chi connectivity index (χ0) is 18.9. The molecule has 144 valence electrons. The second kappa shape index (κ2) is 7.38. The topological polar surface area (TPSA) is 71.3 Å². The van der Waals surface area contributed by atoms with Gasteiger partial charge in [-0.2, -0.15) is 4.98 Å². The van der Waals surface area contributed by atoms with Gasteiger partial charge in [0, 0.05) is 38.0 Å². The summed E-state index contributed by atoms with van der Waals surface area (Å²) in [7, 11) is 0. The first-order valence-corrected chi connectivity index (χ1v) is 9.62. The van der Waals surface area contributed by atoms with E-state index in [1.165, 1.54) is 12.5 Å². The van der Waals surface area contributed by atoms with Gasteiger partial charge in [-0.1, -0.05) is 5.16 Å². The molecule has 7 heteroatoms. The average molecular weight is 372 g/mol. The largest absolute Gasteiger partial charge is 0.343 e. The number of likely N-dealkylation sites (tertiary alicyclic amines) is 1. The van der Waals surface area contributed by atoms with Crippen LogP contribution in [0.3, 0.4) is 0 Å². The first-order chi connectivity index (χ1) is 13.0. The number of amides is 1. The maximum absolute atomic E-state index is 13.4. The molecule has 0 atom stereocenters. The Balaban J connectivity index is 1.31. The Kier molecular flexibility index (Phi) is 4.95. The summed E-state index contributed by atoms with van der Waals surface area (Å²) in [5.41, 5.74) is 1.65. The van der Waals surface area contributed by atoms with Crippen LogP contribution in [0.25, 0.3) is 11.4 Å². The molecule has 1 aromatic heterocycles. The number of aromatic nitrogens is 2. The Hall–Kier alpha value is -2.28. The van der Waals surface area contributed by atoms with Gasteiger partial charge in [-0.05, 0) is 61.9 Å². The number of rotatable bonds is 4. The Morgan fingerprint density at radius 2 is 2.15 bits per heavy atom. The molecule has 27 heavy (non-hydrogen) atoms. The molecule has 2 fully saturated rings. The maximum atomic E-state index is 13.4. The fourth-order valence-corrected chi connectivity index (χ4v) is 4.08. The number of nitrogens with one attached hydrogen (secondary N) is 1. The predicted molar refractivity (Wildman–Crippen MR) is 98.5 cm³/mol. The molecule has 0 bridgehead atoms. The average Bonchev–Trinajstić information content (AvgIpc) is 3.33. The van der Waals surface area contributed by atoms with Crippen LogP contribution in [0.4, 0.5) is 4.39 Å². The van der Waals surface area contributed by atoms with Gasteiger partial charge in [0.15, 0.2) is 0 Å². The SMILES string of the molecule is Cc1cc(-c2noc(CCC(=O)N3CCC4(CCNC4)CC3)n2)ccc1F. The number of carbonyl (C=O) groups is 1. The smallest absolute Gasteiger partial charge is 0.227 e. The summed E-state index contributed by atoms with van der Waals surface area (Å²) in [5.74, 6) is 0.751. The van der Waals surface area contributed by atoms with Crippen molar-refractivity contribution in [1.29, 1.82) is 0 Å². The van der Waals surface area contributed by atoms with Crippen LogP contribution < -0.4 is 5.32 Å². The van der Waals surface area contributed by atoms with Crippen molar-refractivity contribution in [3.05, 3.63) is 35.5 Å². The molecule has 4 rings (SSSR count). The van der Waals surface area contributed by atoms with E-state index in [0.29, 0.717) is 41.1 Å². The number of nitrogens with zero attached hydrogens (tertiary/aromatic N) is 3. The molecule has 0 radical (unpaired) electrons. The van der Waals surface area contributed by atoms with Gasteiger partial charge in [0.2, 0.25) is 17.6 Å². The van der Waals surface area contributed by atoms with Crippen LogP contribution in [0.2, 0.25) is 0 Å². The standard InChI is InChI=1S/C20H25FN4O2/c1-14-12-15(2-3-16(14)21)19-23-17(27-24-19)4-5-18(26)25-10-7-20(8-11-25)6-9-22-13-20/h2-3,12,22H,4-11,13H2,1H3. The van der Waals surface area contributed by atoms with E-state index in [9.17, 15) is 9.18 Å². The molecular formula is C20H25FN4O2. The lowest BCUT2D eigenvalue weighted by Crippen LogP contribution is -2.44.